The summed E-state index contributed by atoms with van der Waals surface area (Å²) in [4.78, 5) is 0. The first kappa shape index (κ1) is 16.0. The van der Waals surface area contributed by atoms with Gasteiger partial charge in [-0.25, -0.2) is 0 Å². The van der Waals surface area contributed by atoms with Crippen molar-refractivity contribution >= 4 is 0 Å². The van der Waals surface area contributed by atoms with Crippen molar-refractivity contribution in [3.05, 3.63) is 29.8 Å². The maximum Gasteiger partial charge on any atom is 0.119 e. The second-order valence-electron chi connectivity index (χ2n) is 4.64. The third-order valence-electron chi connectivity index (χ3n) is 2.79. The lowest BCUT2D eigenvalue weighted by Gasteiger charge is -2.09. The zero-order valence-corrected chi connectivity index (χ0v) is 12.3. The van der Waals surface area contributed by atoms with E-state index in [1.807, 2.05) is 12.1 Å². The summed E-state index contributed by atoms with van der Waals surface area (Å²) < 4.78 is 11.1. The van der Waals surface area contributed by atoms with Crippen molar-refractivity contribution in [1.29, 1.82) is 0 Å². The molecule has 1 N–H and O–H groups in total. The first-order valence-corrected chi connectivity index (χ1v) is 7.37. The zero-order chi connectivity index (χ0) is 13.8. The molecular weight excluding hydrogens is 238 g/mol. The molecule has 19 heavy (non-hydrogen) atoms. The van der Waals surface area contributed by atoms with Gasteiger partial charge >= 0.3 is 0 Å². The van der Waals surface area contributed by atoms with Gasteiger partial charge in [-0.05, 0) is 37.1 Å². The highest BCUT2D eigenvalue weighted by molar-refractivity contribution is 5.28. The first-order valence-electron chi connectivity index (χ1n) is 7.37. The van der Waals surface area contributed by atoms with Gasteiger partial charge in [0.15, 0.2) is 0 Å². The predicted molar refractivity (Wildman–Crippen MR) is 79.7 cm³/mol. The molecule has 0 atom stereocenters. The van der Waals surface area contributed by atoms with Crippen molar-refractivity contribution in [2.24, 2.45) is 0 Å². The van der Waals surface area contributed by atoms with E-state index in [2.05, 4.69) is 31.3 Å². The molecule has 3 heteroatoms. The SMILES string of the molecule is CCCCOCCOc1cccc(CNCCC)c1. The molecule has 1 aromatic rings. The molecule has 108 valence electrons. The first-order chi connectivity index (χ1) is 9.36. The van der Waals surface area contributed by atoms with E-state index in [0.717, 1.165) is 38.3 Å². The molecular formula is C16H27NO2. The van der Waals surface area contributed by atoms with Crippen LogP contribution in [0, 0.1) is 0 Å². The van der Waals surface area contributed by atoms with Gasteiger partial charge in [-0.3, -0.25) is 0 Å². The predicted octanol–water partition coefficient (Wildman–Crippen LogP) is 3.38. The standard InChI is InChI=1S/C16H27NO2/c1-3-5-10-18-11-12-19-16-8-6-7-15(13-16)14-17-9-4-2/h6-8,13,17H,3-5,9-12,14H2,1-2H3. The Morgan fingerprint density at radius 2 is 1.95 bits per heavy atom. The monoisotopic (exact) mass is 265 g/mol. The number of hydrogen-bond donors (Lipinski definition) is 1. The Kier molecular flexibility index (Phi) is 9.11. The number of ether oxygens (including phenoxy) is 2. The minimum absolute atomic E-state index is 0.621. The van der Waals surface area contributed by atoms with Gasteiger partial charge in [0.05, 0.1) is 6.61 Å². The van der Waals surface area contributed by atoms with Crippen molar-refractivity contribution in [2.75, 3.05) is 26.4 Å². The third kappa shape index (κ3) is 7.85. The molecule has 0 saturated heterocycles. The summed E-state index contributed by atoms with van der Waals surface area (Å²) in [6.45, 7) is 8.41. The van der Waals surface area contributed by atoms with Crippen LogP contribution in [0.5, 0.6) is 5.75 Å². The Morgan fingerprint density at radius 3 is 2.74 bits per heavy atom. The maximum absolute atomic E-state index is 5.68. The largest absolute Gasteiger partial charge is 0.491 e. The Labute approximate surface area is 117 Å². The molecule has 3 nitrogen and oxygen atoms in total. The molecule has 0 bridgehead atoms. The lowest BCUT2D eigenvalue weighted by molar-refractivity contribution is 0.0980. The van der Waals surface area contributed by atoms with Crippen LogP contribution >= 0.6 is 0 Å². The highest BCUT2D eigenvalue weighted by atomic mass is 16.5. The zero-order valence-electron chi connectivity index (χ0n) is 12.3. The van der Waals surface area contributed by atoms with Crippen LogP contribution in [0.1, 0.15) is 38.7 Å². The van der Waals surface area contributed by atoms with Gasteiger partial charge in [-0.15, -0.1) is 0 Å². The van der Waals surface area contributed by atoms with E-state index in [1.165, 1.54) is 12.0 Å². The molecule has 1 aromatic carbocycles. The van der Waals surface area contributed by atoms with E-state index in [4.69, 9.17) is 9.47 Å². The number of hydrogen-bond acceptors (Lipinski definition) is 3. The molecule has 1 rings (SSSR count). The van der Waals surface area contributed by atoms with Gasteiger partial charge in [-0.2, -0.15) is 0 Å². The number of rotatable bonds is 11. The smallest absolute Gasteiger partial charge is 0.119 e. The minimum atomic E-state index is 0.621. The Morgan fingerprint density at radius 1 is 1.05 bits per heavy atom. The van der Waals surface area contributed by atoms with Gasteiger partial charge < -0.3 is 14.8 Å². The van der Waals surface area contributed by atoms with Crippen LogP contribution in [0.3, 0.4) is 0 Å². The number of unbranched alkanes of at least 4 members (excludes halogenated alkanes) is 1. The Bertz CT molecular complexity index is 328. The van der Waals surface area contributed by atoms with Gasteiger partial charge in [0.1, 0.15) is 12.4 Å². The summed E-state index contributed by atoms with van der Waals surface area (Å²) in [5, 5.41) is 3.39. The Balaban J connectivity index is 2.20. The lowest BCUT2D eigenvalue weighted by Crippen LogP contribution is -2.13. The molecule has 0 unspecified atom stereocenters. The number of benzene rings is 1. The van der Waals surface area contributed by atoms with Crippen LogP contribution in [0.2, 0.25) is 0 Å². The lowest BCUT2D eigenvalue weighted by atomic mass is 10.2. The topological polar surface area (TPSA) is 30.5 Å². The van der Waals surface area contributed by atoms with Crippen LogP contribution in [-0.2, 0) is 11.3 Å². The molecule has 0 aliphatic rings. The molecule has 0 radical (unpaired) electrons. The van der Waals surface area contributed by atoms with Gasteiger partial charge in [-0.1, -0.05) is 32.4 Å². The molecule has 0 saturated carbocycles. The summed E-state index contributed by atoms with van der Waals surface area (Å²) in [6.07, 6.45) is 3.46. The fourth-order valence-electron chi connectivity index (χ4n) is 1.72. The summed E-state index contributed by atoms with van der Waals surface area (Å²) >= 11 is 0. The summed E-state index contributed by atoms with van der Waals surface area (Å²) in [7, 11) is 0. The van der Waals surface area contributed by atoms with Crippen LogP contribution in [-0.4, -0.2) is 26.4 Å². The average molecular weight is 265 g/mol. The molecule has 0 heterocycles. The minimum Gasteiger partial charge on any atom is -0.491 e. The molecule has 0 aliphatic carbocycles. The van der Waals surface area contributed by atoms with Crippen molar-refractivity contribution in [3.63, 3.8) is 0 Å². The second-order valence-corrected chi connectivity index (χ2v) is 4.64. The highest BCUT2D eigenvalue weighted by Crippen LogP contribution is 2.13. The van der Waals surface area contributed by atoms with E-state index < -0.39 is 0 Å². The Hall–Kier alpha value is -1.06. The molecule has 0 spiro atoms. The molecule has 0 aromatic heterocycles. The van der Waals surface area contributed by atoms with Gasteiger partial charge in [0.2, 0.25) is 0 Å². The fourth-order valence-corrected chi connectivity index (χ4v) is 1.72. The van der Waals surface area contributed by atoms with Crippen molar-refractivity contribution in [2.45, 2.75) is 39.7 Å². The maximum atomic E-state index is 5.68. The molecule has 0 fully saturated rings. The highest BCUT2D eigenvalue weighted by Gasteiger charge is 1.97. The van der Waals surface area contributed by atoms with Crippen LogP contribution in [0.25, 0.3) is 0 Å². The quantitative estimate of drug-likeness (QED) is 0.622. The normalized spacial score (nSPS) is 10.6. The van der Waals surface area contributed by atoms with E-state index in [9.17, 15) is 0 Å². The number of nitrogens with one attached hydrogen (secondary N) is 1. The van der Waals surface area contributed by atoms with Crippen LogP contribution in [0.4, 0.5) is 0 Å². The third-order valence-corrected chi connectivity index (χ3v) is 2.79. The van der Waals surface area contributed by atoms with E-state index in [-0.39, 0.29) is 0 Å². The summed E-state index contributed by atoms with van der Waals surface area (Å²) in [5.74, 6) is 0.926. The van der Waals surface area contributed by atoms with E-state index >= 15 is 0 Å². The fraction of sp³-hybridized carbons (Fsp3) is 0.625. The molecule has 0 aliphatic heterocycles. The second kappa shape index (κ2) is 10.8. The molecule has 0 amide bonds. The van der Waals surface area contributed by atoms with E-state index in [0.29, 0.717) is 13.2 Å². The van der Waals surface area contributed by atoms with Crippen LogP contribution in [0.15, 0.2) is 24.3 Å². The summed E-state index contributed by atoms with van der Waals surface area (Å²) in [6, 6.07) is 8.24. The van der Waals surface area contributed by atoms with Crippen molar-refractivity contribution in [1.82, 2.24) is 5.32 Å². The van der Waals surface area contributed by atoms with Gasteiger partial charge in [0.25, 0.3) is 0 Å². The van der Waals surface area contributed by atoms with Crippen molar-refractivity contribution in [3.8, 4) is 5.75 Å². The van der Waals surface area contributed by atoms with E-state index in [1.54, 1.807) is 0 Å². The summed E-state index contributed by atoms with van der Waals surface area (Å²) in [5.41, 5.74) is 1.26. The van der Waals surface area contributed by atoms with Gasteiger partial charge in [0, 0.05) is 13.2 Å². The van der Waals surface area contributed by atoms with Crippen molar-refractivity contribution < 1.29 is 9.47 Å². The van der Waals surface area contributed by atoms with Crippen LogP contribution < -0.4 is 10.1 Å². The average Bonchev–Trinajstić information content (AvgIpc) is 2.43.